The molecule has 1 heteroatoms. The van der Waals surface area contributed by atoms with Crippen molar-refractivity contribution in [2.75, 3.05) is 6.61 Å². The summed E-state index contributed by atoms with van der Waals surface area (Å²) in [5.41, 5.74) is 5.86. The van der Waals surface area contributed by atoms with Crippen LogP contribution in [-0.4, -0.2) is 6.61 Å². The first-order valence-electron chi connectivity index (χ1n) is 7.42. The third-order valence-corrected chi connectivity index (χ3v) is 5.15. The van der Waals surface area contributed by atoms with E-state index >= 15 is 0 Å². The highest BCUT2D eigenvalue weighted by Gasteiger charge is 2.33. The molecular formula is C17H24O. The summed E-state index contributed by atoms with van der Waals surface area (Å²) in [7, 11) is 0. The number of aryl methyl sites for hydroxylation is 1. The van der Waals surface area contributed by atoms with Gasteiger partial charge in [0.25, 0.3) is 0 Å². The summed E-state index contributed by atoms with van der Waals surface area (Å²) in [6, 6.07) is 2.26. The normalized spacial score (nSPS) is 26.8. The van der Waals surface area contributed by atoms with Gasteiger partial charge < -0.3 is 4.74 Å². The first-order chi connectivity index (χ1) is 8.68. The Balaban J connectivity index is 2.09. The van der Waals surface area contributed by atoms with Gasteiger partial charge in [0.05, 0.1) is 6.61 Å². The van der Waals surface area contributed by atoms with Crippen LogP contribution < -0.4 is 4.74 Å². The maximum absolute atomic E-state index is 6.07. The quantitative estimate of drug-likeness (QED) is 0.644. The van der Waals surface area contributed by atoms with Gasteiger partial charge in [-0.1, -0.05) is 19.3 Å². The van der Waals surface area contributed by atoms with Crippen LogP contribution in [0.2, 0.25) is 0 Å². The minimum absolute atomic E-state index is 0.760. The lowest BCUT2D eigenvalue weighted by Crippen LogP contribution is -2.26. The van der Waals surface area contributed by atoms with E-state index in [9.17, 15) is 0 Å². The summed E-state index contributed by atoms with van der Waals surface area (Å²) < 4.78 is 6.07. The summed E-state index contributed by atoms with van der Waals surface area (Å²) in [6.45, 7) is 7.69. The molecule has 1 aliphatic heterocycles. The maximum Gasteiger partial charge on any atom is 0.123 e. The molecule has 0 aromatic heterocycles. The minimum Gasteiger partial charge on any atom is -0.493 e. The topological polar surface area (TPSA) is 9.23 Å². The van der Waals surface area contributed by atoms with Gasteiger partial charge in [-0.2, -0.15) is 0 Å². The van der Waals surface area contributed by atoms with Crippen LogP contribution in [0.5, 0.6) is 5.75 Å². The Kier molecular flexibility index (Phi) is 3.09. The fourth-order valence-electron chi connectivity index (χ4n) is 3.81. The molecular weight excluding hydrogens is 220 g/mol. The van der Waals surface area contributed by atoms with E-state index in [4.69, 9.17) is 4.74 Å². The number of fused-ring (bicyclic) bond motifs is 3. The van der Waals surface area contributed by atoms with Crippen molar-refractivity contribution in [1.82, 2.24) is 0 Å². The van der Waals surface area contributed by atoms with Crippen LogP contribution >= 0.6 is 0 Å². The van der Waals surface area contributed by atoms with E-state index < -0.39 is 0 Å². The molecule has 1 nitrogen and oxygen atoms in total. The Hall–Kier alpha value is -0.980. The molecule has 1 heterocycles. The largest absolute Gasteiger partial charge is 0.493 e. The average Bonchev–Trinajstić information content (AvgIpc) is 2.60. The van der Waals surface area contributed by atoms with Crippen molar-refractivity contribution >= 4 is 0 Å². The molecule has 2 atom stereocenters. The van der Waals surface area contributed by atoms with Crippen molar-refractivity contribution < 1.29 is 4.74 Å². The lowest BCUT2D eigenvalue weighted by molar-refractivity contribution is 0.185. The van der Waals surface area contributed by atoms with E-state index in [0.29, 0.717) is 0 Å². The lowest BCUT2D eigenvalue weighted by Gasteiger charge is -2.34. The molecule has 1 aliphatic carbocycles. The van der Waals surface area contributed by atoms with Crippen molar-refractivity contribution in [3.05, 3.63) is 28.3 Å². The molecule has 0 saturated heterocycles. The predicted octanol–water partition coefficient (Wildman–Crippen LogP) is 4.67. The van der Waals surface area contributed by atoms with Gasteiger partial charge in [-0.25, -0.2) is 0 Å². The molecule has 0 amide bonds. The number of hydrogen-bond acceptors (Lipinski definition) is 1. The van der Waals surface area contributed by atoms with Gasteiger partial charge in [-0.3, -0.25) is 0 Å². The third-order valence-electron chi connectivity index (χ3n) is 5.15. The maximum atomic E-state index is 6.07. The second-order valence-electron chi connectivity index (χ2n) is 6.17. The summed E-state index contributed by atoms with van der Waals surface area (Å²) in [6.07, 6.45) is 6.92. The molecule has 18 heavy (non-hydrogen) atoms. The smallest absolute Gasteiger partial charge is 0.123 e. The molecule has 1 saturated carbocycles. The van der Waals surface area contributed by atoms with Gasteiger partial charge in [0.15, 0.2) is 0 Å². The highest BCUT2D eigenvalue weighted by atomic mass is 16.5. The molecule has 2 unspecified atom stereocenters. The van der Waals surface area contributed by atoms with E-state index in [-0.39, 0.29) is 0 Å². The molecule has 0 spiro atoms. The molecule has 0 radical (unpaired) electrons. The predicted molar refractivity (Wildman–Crippen MR) is 75.5 cm³/mol. The summed E-state index contributed by atoms with van der Waals surface area (Å²) in [5, 5.41) is 0. The van der Waals surface area contributed by atoms with E-state index in [1.807, 2.05) is 0 Å². The van der Waals surface area contributed by atoms with Gasteiger partial charge in [0.2, 0.25) is 0 Å². The van der Waals surface area contributed by atoms with Gasteiger partial charge in [0, 0.05) is 5.56 Å². The first kappa shape index (κ1) is 12.1. The van der Waals surface area contributed by atoms with Crippen LogP contribution in [0.15, 0.2) is 6.07 Å². The molecule has 98 valence electrons. The summed E-state index contributed by atoms with van der Waals surface area (Å²) in [4.78, 5) is 0. The van der Waals surface area contributed by atoms with Gasteiger partial charge >= 0.3 is 0 Å². The van der Waals surface area contributed by atoms with Gasteiger partial charge in [-0.15, -0.1) is 0 Å². The molecule has 2 aliphatic rings. The Morgan fingerprint density at radius 2 is 1.78 bits per heavy atom. The Labute approximate surface area is 111 Å². The van der Waals surface area contributed by atoms with E-state index in [1.54, 1.807) is 0 Å². The summed E-state index contributed by atoms with van der Waals surface area (Å²) in [5.74, 6) is 2.70. The van der Waals surface area contributed by atoms with Crippen molar-refractivity contribution in [2.45, 2.75) is 58.8 Å². The first-order valence-corrected chi connectivity index (χ1v) is 7.42. The zero-order valence-electron chi connectivity index (χ0n) is 11.9. The number of benzene rings is 1. The van der Waals surface area contributed by atoms with Crippen LogP contribution in [-0.2, 0) is 0 Å². The van der Waals surface area contributed by atoms with Crippen molar-refractivity contribution in [3.8, 4) is 5.75 Å². The average molecular weight is 244 g/mol. The Bertz CT molecular complexity index is 461. The SMILES string of the molecule is Cc1cc2c(c(C)c1C)C1CCCCCC1CO2. The second-order valence-corrected chi connectivity index (χ2v) is 6.17. The molecule has 1 fully saturated rings. The zero-order chi connectivity index (χ0) is 12.7. The Morgan fingerprint density at radius 3 is 2.61 bits per heavy atom. The van der Waals surface area contributed by atoms with E-state index in [0.717, 1.165) is 18.4 Å². The van der Waals surface area contributed by atoms with Gasteiger partial charge in [0.1, 0.15) is 5.75 Å². The van der Waals surface area contributed by atoms with Crippen LogP contribution in [0.25, 0.3) is 0 Å². The van der Waals surface area contributed by atoms with Crippen LogP contribution in [0.1, 0.15) is 60.3 Å². The van der Waals surface area contributed by atoms with Crippen LogP contribution in [0.4, 0.5) is 0 Å². The molecule has 3 rings (SSSR count). The Morgan fingerprint density at radius 1 is 1.00 bits per heavy atom. The van der Waals surface area contributed by atoms with Crippen LogP contribution in [0.3, 0.4) is 0 Å². The number of ether oxygens (including phenoxy) is 1. The van der Waals surface area contributed by atoms with Crippen molar-refractivity contribution in [1.29, 1.82) is 0 Å². The van der Waals surface area contributed by atoms with E-state index in [1.165, 1.54) is 60.1 Å². The molecule has 1 aromatic rings. The highest BCUT2D eigenvalue weighted by Crippen LogP contribution is 2.46. The fraction of sp³-hybridized carbons (Fsp3) is 0.647. The standard InChI is InChI=1S/C17H24O/c1-11-9-16-17(13(3)12(11)2)15-8-6-4-5-7-14(15)10-18-16/h9,14-15H,4-8,10H2,1-3H3. The van der Waals surface area contributed by atoms with Crippen LogP contribution in [0, 0.1) is 26.7 Å². The van der Waals surface area contributed by atoms with Crippen molar-refractivity contribution in [2.24, 2.45) is 5.92 Å². The molecule has 0 N–H and O–H groups in total. The molecule has 0 bridgehead atoms. The zero-order valence-corrected chi connectivity index (χ0v) is 11.9. The lowest BCUT2D eigenvalue weighted by atomic mass is 9.77. The summed E-state index contributed by atoms with van der Waals surface area (Å²) >= 11 is 0. The number of rotatable bonds is 0. The van der Waals surface area contributed by atoms with Gasteiger partial charge in [-0.05, 0) is 68.2 Å². The number of hydrogen-bond donors (Lipinski definition) is 0. The fourth-order valence-corrected chi connectivity index (χ4v) is 3.81. The van der Waals surface area contributed by atoms with Crippen molar-refractivity contribution in [3.63, 3.8) is 0 Å². The third kappa shape index (κ3) is 1.84. The highest BCUT2D eigenvalue weighted by molar-refractivity contribution is 5.51. The second kappa shape index (κ2) is 4.60. The monoisotopic (exact) mass is 244 g/mol. The van der Waals surface area contributed by atoms with E-state index in [2.05, 4.69) is 26.8 Å². The molecule has 1 aromatic carbocycles. The minimum atomic E-state index is 0.760.